The number of hydrogen-bond acceptors (Lipinski definition) is 0. The van der Waals surface area contributed by atoms with Gasteiger partial charge in [-0.15, -0.1) is 0 Å². The van der Waals surface area contributed by atoms with Gasteiger partial charge in [-0.3, -0.25) is 0 Å². The third kappa shape index (κ3) is 3.63. The maximum absolute atomic E-state index is 4.04. The summed E-state index contributed by atoms with van der Waals surface area (Å²) in [4.78, 5) is 0. The molecule has 74 valence electrons. The van der Waals surface area contributed by atoms with Crippen LogP contribution in [0, 0.1) is 5.92 Å². The van der Waals surface area contributed by atoms with Crippen molar-refractivity contribution in [2.24, 2.45) is 5.92 Å². The van der Waals surface area contributed by atoms with Crippen molar-refractivity contribution in [1.82, 2.24) is 0 Å². The van der Waals surface area contributed by atoms with Crippen molar-refractivity contribution >= 4 is 0 Å². The van der Waals surface area contributed by atoms with Crippen LogP contribution in [0.1, 0.15) is 41.0 Å². The zero-order valence-electron chi connectivity index (χ0n) is 9.65. The average molecular weight is 178 g/mol. The van der Waals surface area contributed by atoms with Gasteiger partial charge in [0.15, 0.2) is 0 Å². The Morgan fingerprint density at radius 1 is 1.31 bits per heavy atom. The molecule has 0 aromatic rings. The summed E-state index contributed by atoms with van der Waals surface area (Å²) < 4.78 is 0. The Morgan fingerprint density at radius 3 is 2.08 bits per heavy atom. The minimum absolute atomic E-state index is 0.529. The number of rotatable bonds is 4. The van der Waals surface area contributed by atoms with Crippen LogP contribution < -0.4 is 0 Å². The highest BCUT2D eigenvalue weighted by atomic mass is 14.2. The van der Waals surface area contributed by atoms with Crippen LogP contribution in [-0.4, -0.2) is 0 Å². The first kappa shape index (κ1) is 12.2. The lowest BCUT2D eigenvalue weighted by Crippen LogP contribution is -2.03. The maximum atomic E-state index is 4.04. The Labute approximate surface area is 83.0 Å². The van der Waals surface area contributed by atoms with Crippen LogP contribution in [0.2, 0.25) is 0 Å². The van der Waals surface area contributed by atoms with E-state index in [-0.39, 0.29) is 0 Å². The second kappa shape index (κ2) is 5.80. The van der Waals surface area contributed by atoms with Crippen LogP contribution in [0.25, 0.3) is 0 Å². The molecule has 0 nitrogen and oxygen atoms in total. The monoisotopic (exact) mass is 178 g/mol. The normalized spacial score (nSPS) is 13.0. The Morgan fingerprint density at radius 2 is 1.85 bits per heavy atom. The van der Waals surface area contributed by atoms with E-state index in [0.29, 0.717) is 5.92 Å². The molecule has 0 N–H and O–H groups in total. The van der Waals surface area contributed by atoms with Crippen molar-refractivity contribution in [2.75, 3.05) is 0 Å². The first-order valence-corrected chi connectivity index (χ1v) is 5.00. The molecule has 1 unspecified atom stereocenters. The summed E-state index contributed by atoms with van der Waals surface area (Å²) in [5, 5.41) is 0. The lowest BCUT2D eigenvalue weighted by molar-refractivity contribution is 0.694. The highest BCUT2D eigenvalue weighted by Gasteiger charge is 2.11. The molecule has 0 saturated carbocycles. The highest BCUT2D eigenvalue weighted by Crippen LogP contribution is 2.26. The Kier molecular flexibility index (Phi) is 5.45. The molecule has 0 aliphatic heterocycles. The largest absolute Gasteiger partial charge is 0.0995 e. The minimum atomic E-state index is 0.529. The first-order chi connectivity index (χ1) is 6.04. The van der Waals surface area contributed by atoms with Crippen molar-refractivity contribution < 1.29 is 0 Å². The van der Waals surface area contributed by atoms with Gasteiger partial charge in [-0.1, -0.05) is 36.8 Å². The van der Waals surface area contributed by atoms with E-state index in [1.807, 2.05) is 0 Å². The molecule has 0 aliphatic carbocycles. The Balaban J connectivity index is 4.93. The van der Waals surface area contributed by atoms with Gasteiger partial charge in [-0.05, 0) is 39.7 Å². The van der Waals surface area contributed by atoms with Crippen LogP contribution in [0.15, 0.2) is 35.5 Å². The quantitative estimate of drug-likeness (QED) is 0.439. The van der Waals surface area contributed by atoms with Crippen molar-refractivity contribution in [1.29, 1.82) is 0 Å². The summed E-state index contributed by atoms with van der Waals surface area (Å²) in [7, 11) is 0. The molecule has 13 heavy (non-hydrogen) atoms. The molecule has 0 fully saturated rings. The molecule has 0 aromatic carbocycles. The molecular formula is C13H22. The molecule has 0 rings (SSSR count). The van der Waals surface area contributed by atoms with Crippen molar-refractivity contribution in [3.63, 3.8) is 0 Å². The lowest BCUT2D eigenvalue weighted by atomic mass is 9.87. The van der Waals surface area contributed by atoms with Crippen molar-refractivity contribution in [3.8, 4) is 0 Å². The van der Waals surface area contributed by atoms with E-state index in [0.717, 1.165) is 6.42 Å². The number of hydrogen-bond donors (Lipinski definition) is 0. The molecule has 0 aromatic heterocycles. The van der Waals surface area contributed by atoms with Gasteiger partial charge in [-0.25, -0.2) is 0 Å². The molecule has 0 spiro atoms. The zero-order valence-corrected chi connectivity index (χ0v) is 9.65. The van der Waals surface area contributed by atoms with E-state index in [9.17, 15) is 0 Å². The molecule has 1 atom stereocenters. The van der Waals surface area contributed by atoms with Gasteiger partial charge in [0.2, 0.25) is 0 Å². The molecular weight excluding hydrogens is 156 g/mol. The molecule has 0 heterocycles. The van der Waals surface area contributed by atoms with Gasteiger partial charge in [0.25, 0.3) is 0 Å². The fraction of sp³-hybridized carbons (Fsp3) is 0.538. The summed E-state index contributed by atoms with van der Waals surface area (Å²) in [5.41, 5.74) is 4.09. The van der Waals surface area contributed by atoms with E-state index in [4.69, 9.17) is 0 Å². The molecule has 0 aliphatic rings. The van der Waals surface area contributed by atoms with Gasteiger partial charge in [0, 0.05) is 5.92 Å². The molecule has 0 bridgehead atoms. The third-order valence-corrected chi connectivity index (χ3v) is 2.30. The van der Waals surface area contributed by atoms with E-state index in [2.05, 4.69) is 53.3 Å². The van der Waals surface area contributed by atoms with Crippen molar-refractivity contribution in [2.45, 2.75) is 41.0 Å². The summed E-state index contributed by atoms with van der Waals surface area (Å²) >= 11 is 0. The van der Waals surface area contributed by atoms with Gasteiger partial charge in [0.05, 0.1) is 0 Å². The van der Waals surface area contributed by atoms with Gasteiger partial charge in [-0.2, -0.15) is 0 Å². The predicted molar refractivity (Wildman–Crippen MR) is 61.8 cm³/mol. The lowest BCUT2D eigenvalue weighted by Gasteiger charge is -2.18. The van der Waals surface area contributed by atoms with E-state index >= 15 is 0 Å². The molecule has 0 amide bonds. The van der Waals surface area contributed by atoms with Gasteiger partial charge in [0.1, 0.15) is 0 Å². The number of allylic oxidation sites excluding steroid dienone is 5. The zero-order chi connectivity index (χ0) is 10.4. The summed E-state index contributed by atoms with van der Waals surface area (Å²) in [6.07, 6.45) is 5.45. The average Bonchev–Trinajstić information content (AvgIpc) is 2.03. The van der Waals surface area contributed by atoms with Crippen LogP contribution in [0.5, 0.6) is 0 Å². The second-order valence-corrected chi connectivity index (χ2v) is 3.76. The highest BCUT2D eigenvalue weighted by molar-refractivity contribution is 5.31. The minimum Gasteiger partial charge on any atom is -0.0995 e. The molecule has 0 heteroatoms. The van der Waals surface area contributed by atoms with Crippen LogP contribution >= 0.6 is 0 Å². The first-order valence-electron chi connectivity index (χ1n) is 5.00. The van der Waals surface area contributed by atoms with Gasteiger partial charge >= 0.3 is 0 Å². The molecule has 0 radical (unpaired) electrons. The van der Waals surface area contributed by atoms with E-state index in [1.54, 1.807) is 0 Å². The Bertz CT molecular complexity index is 224. The maximum Gasteiger partial charge on any atom is 0.00393 e. The molecule has 0 saturated heterocycles. The fourth-order valence-electron chi connectivity index (χ4n) is 1.64. The smallest absolute Gasteiger partial charge is 0.00393 e. The van der Waals surface area contributed by atoms with Crippen molar-refractivity contribution in [3.05, 3.63) is 35.5 Å². The summed E-state index contributed by atoms with van der Waals surface area (Å²) in [5.74, 6) is 0.529. The topological polar surface area (TPSA) is 0 Å². The van der Waals surface area contributed by atoms with E-state index in [1.165, 1.54) is 16.7 Å². The summed E-state index contributed by atoms with van der Waals surface area (Å²) in [6, 6.07) is 0. The predicted octanol–water partition coefficient (Wildman–Crippen LogP) is 4.50. The van der Waals surface area contributed by atoms with Gasteiger partial charge < -0.3 is 0 Å². The van der Waals surface area contributed by atoms with E-state index < -0.39 is 0 Å². The third-order valence-electron chi connectivity index (χ3n) is 2.30. The van der Waals surface area contributed by atoms with Crippen LogP contribution in [0.3, 0.4) is 0 Å². The standard InChI is InChI=1S/C13H22/c1-7-9-13(11(5)6)12(8-2)10(3)4/h7,9,12H,3,8H2,1-2,4-6H3/b9-7-. The SMILES string of the molecule is C=C(C)C(CC)C(/C=C\C)=C(C)C. The van der Waals surface area contributed by atoms with Crippen LogP contribution in [-0.2, 0) is 0 Å². The fourth-order valence-corrected chi connectivity index (χ4v) is 1.64. The van der Waals surface area contributed by atoms with Crippen LogP contribution in [0.4, 0.5) is 0 Å². The summed E-state index contributed by atoms with van der Waals surface area (Å²) in [6.45, 7) is 14.8. The second-order valence-electron chi connectivity index (χ2n) is 3.76. The Hall–Kier alpha value is -0.780.